The van der Waals surface area contributed by atoms with Gasteiger partial charge in [-0.15, -0.1) is 0 Å². The molecule has 0 bridgehead atoms. The van der Waals surface area contributed by atoms with E-state index in [9.17, 15) is 14.7 Å². The lowest BCUT2D eigenvalue weighted by Gasteiger charge is -2.23. The number of benzene rings is 2. The second-order valence-corrected chi connectivity index (χ2v) is 7.19. The topological polar surface area (TPSA) is 78.9 Å². The molecule has 1 aliphatic rings. The lowest BCUT2D eigenvalue weighted by molar-refractivity contribution is -0.132. The minimum absolute atomic E-state index is 0.0300. The smallest absolute Gasteiger partial charge is 0.325 e. The predicted octanol–water partition coefficient (Wildman–Crippen LogP) is 2.86. The van der Waals surface area contributed by atoms with Crippen LogP contribution in [-0.4, -0.2) is 41.2 Å². The number of aryl methyl sites for hydroxylation is 1. The number of β-amino-alcohol motifs (C(OH)–C–C–N with tert-alkyl or cyclic N) is 1. The maximum atomic E-state index is 12.8. The summed E-state index contributed by atoms with van der Waals surface area (Å²) in [5.74, 6) is 0.187. The van der Waals surface area contributed by atoms with Crippen LogP contribution in [0.15, 0.2) is 48.5 Å². The van der Waals surface area contributed by atoms with Crippen molar-refractivity contribution in [1.82, 2.24) is 10.2 Å². The summed E-state index contributed by atoms with van der Waals surface area (Å²) in [7, 11) is 0. The van der Waals surface area contributed by atoms with Gasteiger partial charge in [0.2, 0.25) is 0 Å². The summed E-state index contributed by atoms with van der Waals surface area (Å²) in [5, 5.41) is 13.5. The van der Waals surface area contributed by atoms with Crippen molar-refractivity contribution < 1.29 is 19.4 Å². The third-order valence-electron chi connectivity index (χ3n) is 4.55. The van der Waals surface area contributed by atoms with Gasteiger partial charge in [0.15, 0.2) is 0 Å². The quantitative estimate of drug-likeness (QED) is 0.746. The lowest BCUT2D eigenvalue weighted by Crippen LogP contribution is -2.42. The SMILES string of the molecule is Cc1ccc(OC[C@@H](O)CN2C(=O)N[C@](C)(c3ccc(Cl)cc3)C2=O)cc1. The molecule has 0 saturated carbocycles. The highest BCUT2D eigenvalue weighted by atomic mass is 35.5. The predicted molar refractivity (Wildman–Crippen MR) is 102 cm³/mol. The Labute approximate surface area is 162 Å². The summed E-state index contributed by atoms with van der Waals surface area (Å²) < 4.78 is 5.52. The number of nitrogens with one attached hydrogen (secondary N) is 1. The maximum absolute atomic E-state index is 12.8. The second kappa shape index (κ2) is 7.58. The van der Waals surface area contributed by atoms with Crippen LogP contribution in [0.25, 0.3) is 0 Å². The zero-order valence-corrected chi connectivity index (χ0v) is 15.9. The van der Waals surface area contributed by atoms with Crippen molar-refractivity contribution in [2.75, 3.05) is 13.2 Å². The number of carbonyl (C=O) groups excluding carboxylic acids is 2. The first-order valence-corrected chi connectivity index (χ1v) is 8.95. The van der Waals surface area contributed by atoms with Gasteiger partial charge in [-0.25, -0.2) is 4.79 Å². The van der Waals surface area contributed by atoms with E-state index in [1.165, 1.54) is 0 Å². The molecule has 2 aromatic rings. The van der Waals surface area contributed by atoms with E-state index in [-0.39, 0.29) is 13.2 Å². The van der Waals surface area contributed by atoms with Gasteiger partial charge in [-0.1, -0.05) is 41.4 Å². The number of urea groups is 1. The van der Waals surface area contributed by atoms with E-state index in [2.05, 4.69) is 5.32 Å². The molecule has 2 N–H and O–H groups in total. The summed E-state index contributed by atoms with van der Waals surface area (Å²) in [5.41, 5.74) is 0.529. The maximum Gasteiger partial charge on any atom is 0.325 e. The Morgan fingerprint density at radius 3 is 2.41 bits per heavy atom. The third-order valence-corrected chi connectivity index (χ3v) is 4.81. The Hall–Kier alpha value is -2.57. The molecule has 0 radical (unpaired) electrons. The zero-order chi connectivity index (χ0) is 19.6. The first-order chi connectivity index (χ1) is 12.8. The summed E-state index contributed by atoms with van der Waals surface area (Å²) in [6.45, 7) is 3.41. The summed E-state index contributed by atoms with van der Waals surface area (Å²) in [6.07, 6.45) is -1.01. The molecular formula is C20H21ClN2O4. The van der Waals surface area contributed by atoms with Crippen LogP contribution in [-0.2, 0) is 10.3 Å². The van der Waals surface area contributed by atoms with Gasteiger partial charge in [0.1, 0.15) is 24.0 Å². The molecule has 2 atom stereocenters. The van der Waals surface area contributed by atoms with E-state index in [1.807, 2.05) is 19.1 Å². The highest BCUT2D eigenvalue weighted by molar-refractivity contribution is 6.30. The molecule has 0 aromatic heterocycles. The van der Waals surface area contributed by atoms with Crippen molar-refractivity contribution in [2.45, 2.75) is 25.5 Å². The van der Waals surface area contributed by atoms with Gasteiger partial charge in [0, 0.05) is 5.02 Å². The number of imide groups is 1. The van der Waals surface area contributed by atoms with Gasteiger partial charge in [-0.3, -0.25) is 9.69 Å². The fraction of sp³-hybridized carbons (Fsp3) is 0.300. The molecular weight excluding hydrogens is 368 g/mol. The highest BCUT2D eigenvalue weighted by Gasteiger charge is 2.49. The lowest BCUT2D eigenvalue weighted by atomic mass is 9.92. The second-order valence-electron chi connectivity index (χ2n) is 6.76. The third kappa shape index (κ3) is 4.07. The van der Waals surface area contributed by atoms with Crippen molar-refractivity contribution in [3.63, 3.8) is 0 Å². The molecule has 1 heterocycles. The highest BCUT2D eigenvalue weighted by Crippen LogP contribution is 2.29. The molecule has 0 spiro atoms. The van der Waals surface area contributed by atoms with Crippen LogP contribution in [0.2, 0.25) is 5.02 Å². The van der Waals surface area contributed by atoms with Gasteiger partial charge >= 0.3 is 6.03 Å². The Morgan fingerprint density at radius 1 is 1.15 bits per heavy atom. The van der Waals surface area contributed by atoms with Gasteiger partial charge in [-0.05, 0) is 43.7 Å². The van der Waals surface area contributed by atoms with Crippen LogP contribution >= 0.6 is 11.6 Å². The van der Waals surface area contributed by atoms with Crippen LogP contribution < -0.4 is 10.1 Å². The number of nitrogens with zero attached hydrogens (tertiary/aromatic N) is 1. The molecule has 7 heteroatoms. The average Bonchev–Trinajstić information content (AvgIpc) is 2.86. The number of rotatable bonds is 6. The molecule has 6 nitrogen and oxygen atoms in total. The number of hydrogen-bond donors (Lipinski definition) is 2. The number of halogens is 1. The molecule has 3 rings (SSSR count). The minimum Gasteiger partial charge on any atom is -0.491 e. The first kappa shape index (κ1) is 19.2. The van der Waals surface area contributed by atoms with Crippen molar-refractivity contribution in [3.05, 3.63) is 64.7 Å². The molecule has 2 aromatic carbocycles. The van der Waals surface area contributed by atoms with E-state index in [0.717, 1.165) is 10.5 Å². The Kier molecular flexibility index (Phi) is 5.39. The molecule has 0 aliphatic carbocycles. The fourth-order valence-corrected chi connectivity index (χ4v) is 3.06. The fourth-order valence-electron chi connectivity index (χ4n) is 2.93. The van der Waals surface area contributed by atoms with Crippen molar-refractivity contribution in [3.8, 4) is 5.75 Å². The Balaban J connectivity index is 1.64. The molecule has 1 aliphatic heterocycles. The van der Waals surface area contributed by atoms with Crippen LogP contribution in [0.4, 0.5) is 4.79 Å². The number of aliphatic hydroxyl groups is 1. The van der Waals surface area contributed by atoms with Crippen LogP contribution in [0.3, 0.4) is 0 Å². The van der Waals surface area contributed by atoms with Crippen molar-refractivity contribution >= 4 is 23.5 Å². The summed E-state index contributed by atoms with van der Waals surface area (Å²) >= 11 is 5.89. The molecule has 3 amide bonds. The monoisotopic (exact) mass is 388 g/mol. The molecule has 1 fully saturated rings. The number of amides is 3. The van der Waals surface area contributed by atoms with Gasteiger partial charge in [0.25, 0.3) is 5.91 Å². The minimum atomic E-state index is -1.20. The van der Waals surface area contributed by atoms with Crippen LogP contribution in [0.1, 0.15) is 18.1 Å². The normalized spacial score (nSPS) is 20.5. The van der Waals surface area contributed by atoms with Crippen LogP contribution in [0.5, 0.6) is 5.75 Å². The van der Waals surface area contributed by atoms with Gasteiger partial charge in [-0.2, -0.15) is 0 Å². The number of aliphatic hydroxyl groups excluding tert-OH is 1. The van der Waals surface area contributed by atoms with Gasteiger partial charge < -0.3 is 15.2 Å². The standard InChI is InChI=1S/C20H21ClN2O4/c1-13-3-9-17(10-4-13)27-12-16(24)11-23-18(25)20(2,22-19(23)26)14-5-7-15(21)8-6-14/h3-10,16,24H,11-12H2,1-2H3,(H,22,26)/t16-,20+/m0/s1. The first-order valence-electron chi connectivity index (χ1n) is 8.57. The summed E-state index contributed by atoms with van der Waals surface area (Å²) in [4.78, 5) is 26.1. The Morgan fingerprint density at radius 2 is 1.78 bits per heavy atom. The average molecular weight is 389 g/mol. The van der Waals surface area contributed by atoms with E-state index in [1.54, 1.807) is 43.3 Å². The van der Waals surface area contributed by atoms with Gasteiger partial charge in [0.05, 0.1) is 6.54 Å². The van der Waals surface area contributed by atoms with E-state index in [0.29, 0.717) is 16.3 Å². The van der Waals surface area contributed by atoms with Crippen molar-refractivity contribution in [1.29, 1.82) is 0 Å². The number of ether oxygens (including phenoxy) is 1. The summed E-state index contributed by atoms with van der Waals surface area (Å²) in [6, 6.07) is 13.6. The zero-order valence-electron chi connectivity index (χ0n) is 15.1. The van der Waals surface area contributed by atoms with E-state index >= 15 is 0 Å². The molecule has 1 saturated heterocycles. The molecule has 142 valence electrons. The number of hydrogen-bond acceptors (Lipinski definition) is 4. The Bertz CT molecular complexity index is 838. The molecule has 27 heavy (non-hydrogen) atoms. The van der Waals surface area contributed by atoms with E-state index < -0.39 is 23.6 Å². The van der Waals surface area contributed by atoms with Crippen molar-refractivity contribution in [2.24, 2.45) is 0 Å². The van der Waals surface area contributed by atoms with Crippen LogP contribution in [0, 0.1) is 6.92 Å². The molecule has 0 unspecified atom stereocenters. The van der Waals surface area contributed by atoms with E-state index in [4.69, 9.17) is 16.3 Å². The largest absolute Gasteiger partial charge is 0.491 e. The number of carbonyl (C=O) groups is 2.